The Balaban J connectivity index is 1.64. The SMILES string of the molecule is CCC(=O)N1CCC(NC(=NC)NCC(c2c(F)cccc2Cl)N2CCCC2)C1. The zero-order valence-electron chi connectivity index (χ0n) is 17.3. The van der Waals surface area contributed by atoms with Gasteiger partial charge in [-0.25, -0.2) is 4.39 Å². The molecule has 0 radical (unpaired) electrons. The summed E-state index contributed by atoms with van der Waals surface area (Å²) in [7, 11) is 1.72. The summed E-state index contributed by atoms with van der Waals surface area (Å²) in [6, 6.07) is 4.86. The normalized spacial score (nSPS) is 21.4. The minimum absolute atomic E-state index is 0.161. The lowest BCUT2D eigenvalue weighted by molar-refractivity contribution is -0.129. The molecule has 160 valence electrons. The number of benzene rings is 1. The first-order valence-corrected chi connectivity index (χ1v) is 10.8. The third kappa shape index (κ3) is 5.39. The van der Waals surface area contributed by atoms with Gasteiger partial charge in [0.05, 0.1) is 6.04 Å². The van der Waals surface area contributed by atoms with E-state index in [1.807, 2.05) is 11.8 Å². The maximum atomic E-state index is 14.6. The van der Waals surface area contributed by atoms with Crippen LogP contribution >= 0.6 is 11.6 Å². The summed E-state index contributed by atoms with van der Waals surface area (Å²) >= 11 is 6.37. The van der Waals surface area contributed by atoms with E-state index in [0.717, 1.165) is 38.9 Å². The first-order chi connectivity index (χ1) is 14.0. The molecule has 1 aromatic carbocycles. The van der Waals surface area contributed by atoms with Crippen molar-refractivity contribution in [1.29, 1.82) is 0 Å². The van der Waals surface area contributed by atoms with E-state index in [4.69, 9.17) is 11.6 Å². The minimum atomic E-state index is -0.274. The van der Waals surface area contributed by atoms with E-state index in [-0.39, 0.29) is 23.8 Å². The number of likely N-dealkylation sites (tertiary alicyclic amines) is 2. The number of nitrogens with zero attached hydrogens (tertiary/aromatic N) is 3. The Morgan fingerprint density at radius 2 is 2.10 bits per heavy atom. The van der Waals surface area contributed by atoms with E-state index < -0.39 is 0 Å². The summed E-state index contributed by atoms with van der Waals surface area (Å²) in [5.74, 6) is 0.571. The standard InChI is InChI=1S/C21H31ClFN5O/c1-3-19(29)28-12-9-15(14-28)26-21(24-2)25-13-18(27-10-4-5-11-27)20-16(22)7-6-8-17(20)23/h6-8,15,18H,3-5,9-14H2,1-2H3,(H2,24,25,26). The van der Waals surface area contributed by atoms with E-state index in [9.17, 15) is 9.18 Å². The number of amides is 1. The van der Waals surface area contributed by atoms with Crippen LogP contribution in [0.15, 0.2) is 23.2 Å². The topological polar surface area (TPSA) is 60.0 Å². The van der Waals surface area contributed by atoms with Crippen LogP contribution in [0, 0.1) is 5.82 Å². The molecule has 2 aliphatic rings. The number of nitrogens with one attached hydrogen (secondary N) is 2. The van der Waals surface area contributed by atoms with Crippen molar-refractivity contribution in [2.45, 2.75) is 44.7 Å². The Bertz CT molecular complexity index is 718. The predicted molar refractivity (Wildman–Crippen MR) is 115 cm³/mol. The van der Waals surface area contributed by atoms with E-state index in [0.29, 0.717) is 36.1 Å². The van der Waals surface area contributed by atoms with Gasteiger partial charge in [0.2, 0.25) is 5.91 Å². The van der Waals surface area contributed by atoms with Crippen LogP contribution in [-0.2, 0) is 4.79 Å². The molecule has 8 heteroatoms. The summed E-state index contributed by atoms with van der Waals surface area (Å²) < 4.78 is 14.6. The molecule has 1 aromatic rings. The first-order valence-electron chi connectivity index (χ1n) is 10.5. The Labute approximate surface area is 177 Å². The number of halogens is 2. The van der Waals surface area contributed by atoms with E-state index in [1.54, 1.807) is 19.2 Å². The predicted octanol–water partition coefficient (Wildman–Crippen LogP) is 2.79. The summed E-state index contributed by atoms with van der Waals surface area (Å²) in [6.07, 6.45) is 3.64. The second-order valence-electron chi connectivity index (χ2n) is 7.67. The second kappa shape index (κ2) is 10.3. The highest BCUT2D eigenvalue weighted by Crippen LogP contribution is 2.31. The number of carbonyl (C=O) groups is 1. The molecule has 3 rings (SSSR count). The second-order valence-corrected chi connectivity index (χ2v) is 8.08. The molecule has 2 fully saturated rings. The Morgan fingerprint density at radius 1 is 1.34 bits per heavy atom. The van der Waals surface area contributed by atoms with Crippen molar-refractivity contribution in [2.24, 2.45) is 4.99 Å². The molecule has 6 nitrogen and oxygen atoms in total. The molecule has 2 aliphatic heterocycles. The summed E-state index contributed by atoms with van der Waals surface area (Å²) in [5.41, 5.74) is 0.541. The number of guanidine groups is 1. The smallest absolute Gasteiger partial charge is 0.222 e. The van der Waals surface area contributed by atoms with Gasteiger partial charge in [-0.3, -0.25) is 14.7 Å². The fourth-order valence-electron chi connectivity index (χ4n) is 4.21. The average Bonchev–Trinajstić information content (AvgIpc) is 3.40. The summed E-state index contributed by atoms with van der Waals surface area (Å²) in [6.45, 7) is 5.70. The van der Waals surface area contributed by atoms with E-state index in [2.05, 4.69) is 20.5 Å². The van der Waals surface area contributed by atoms with Crippen molar-refractivity contribution >= 4 is 23.5 Å². The zero-order valence-corrected chi connectivity index (χ0v) is 18.0. The average molecular weight is 424 g/mol. The molecular formula is C21H31ClFN5O. The molecule has 0 saturated carbocycles. The Morgan fingerprint density at radius 3 is 2.76 bits per heavy atom. The fourth-order valence-corrected chi connectivity index (χ4v) is 4.49. The molecule has 29 heavy (non-hydrogen) atoms. The number of aliphatic imine (C=N–C) groups is 1. The summed E-state index contributed by atoms with van der Waals surface area (Å²) in [4.78, 5) is 20.4. The lowest BCUT2D eigenvalue weighted by atomic mass is 10.0. The van der Waals surface area contributed by atoms with Crippen LogP contribution in [0.25, 0.3) is 0 Å². The van der Waals surface area contributed by atoms with Gasteiger partial charge in [-0.2, -0.15) is 0 Å². The van der Waals surface area contributed by atoms with E-state index >= 15 is 0 Å². The molecule has 0 aliphatic carbocycles. The van der Waals surface area contributed by atoms with Gasteiger partial charge >= 0.3 is 0 Å². The maximum Gasteiger partial charge on any atom is 0.222 e. The fraction of sp³-hybridized carbons (Fsp3) is 0.619. The van der Waals surface area contributed by atoms with Gasteiger partial charge < -0.3 is 15.5 Å². The lowest BCUT2D eigenvalue weighted by Gasteiger charge is -2.30. The lowest BCUT2D eigenvalue weighted by Crippen LogP contribution is -2.47. The van der Waals surface area contributed by atoms with Gasteiger partial charge in [0, 0.05) is 49.7 Å². The third-order valence-electron chi connectivity index (χ3n) is 5.79. The van der Waals surface area contributed by atoms with Crippen LogP contribution in [0.5, 0.6) is 0 Å². The highest BCUT2D eigenvalue weighted by Gasteiger charge is 2.29. The molecule has 0 aromatic heterocycles. The number of carbonyl (C=O) groups excluding carboxylic acids is 1. The van der Waals surface area contributed by atoms with Crippen LogP contribution in [-0.4, -0.2) is 67.5 Å². The Kier molecular flexibility index (Phi) is 7.72. The summed E-state index contributed by atoms with van der Waals surface area (Å²) in [5, 5.41) is 7.21. The van der Waals surface area contributed by atoms with Gasteiger partial charge in [-0.15, -0.1) is 0 Å². The largest absolute Gasteiger partial charge is 0.354 e. The molecule has 0 spiro atoms. The van der Waals surface area contributed by atoms with Gasteiger partial charge in [-0.05, 0) is 44.5 Å². The highest BCUT2D eigenvalue weighted by atomic mass is 35.5. The third-order valence-corrected chi connectivity index (χ3v) is 6.11. The molecule has 2 atom stereocenters. The van der Waals surface area contributed by atoms with Crippen molar-refractivity contribution < 1.29 is 9.18 Å². The van der Waals surface area contributed by atoms with Crippen molar-refractivity contribution in [3.63, 3.8) is 0 Å². The van der Waals surface area contributed by atoms with E-state index in [1.165, 1.54) is 6.07 Å². The molecule has 0 bridgehead atoms. The van der Waals surface area contributed by atoms with Crippen LogP contribution in [0.4, 0.5) is 4.39 Å². The van der Waals surface area contributed by atoms with Crippen molar-refractivity contribution in [2.75, 3.05) is 39.8 Å². The molecule has 2 unspecified atom stereocenters. The monoisotopic (exact) mass is 423 g/mol. The van der Waals surface area contributed by atoms with Gasteiger partial charge in [0.1, 0.15) is 5.82 Å². The first kappa shape index (κ1) is 21.8. The highest BCUT2D eigenvalue weighted by molar-refractivity contribution is 6.31. The van der Waals surface area contributed by atoms with Crippen molar-refractivity contribution in [3.05, 3.63) is 34.6 Å². The van der Waals surface area contributed by atoms with Crippen LogP contribution < -0.4 is 10.6 Å². The van der Waals surface area contributed by atoms with Crippen LogP contribution in [0.1, 0.15) is 44.2 Å². The number of rotatable bonds is 6. The number of hydrogen-bond acceptors (Lipinski definition) is 3. The molecule has 2 N–H and O–H groups in total. The van der Waals surface area contributed by atoms with Gasteiger partial charge in [0.15, 0.2) is 5.96 Å². The Hall–Kier alpha value is -1.86. The molecular weight excluding hydrogens is 393 g/mol. The molecule has 2 heterocycles. The van der Waals surface area contributed by atoms with Crippen molar-refractivity contribution in [1.82, 2.24) is 20.4 Å². The maximum absolute atomic E-state index is 14.6. The number of hydrogen-bond donors (Lipinski definition) is 2. The zero-order chi connectivity index (χ0) is 20.8. The molecule has 2 saturated heterocycles. The van der Waals surface area contributed by atoms with Crippen molar-refractivity contribution in [3.8, 4) is 0 Å². The van der Waals surface area contributed by atoms with Gasteiger partial charge in [-0.1, -0.05) is 24.6 Å². The quantitative estimate of drug-likeness (QED) is 0.545. The van der Waals surface area contributed by atoms with Crippen LogP contribution in [0.3, 0.4) is 0 Å². The van der Waals surface area contributed by atoms with Gasteiger partial charge in [0.25, 0.3) is 0 Å². The van der Waals surface area contributed by atoms with Crippen LogP contribution in [0.2, 0.25) is 5.02 Å². The molecule has 1 amide bonds. The minimum Gasteiger partial charge on any atom is -0.354 e.